The van der Waals surface area contributed by atoms with Gasteiger partial charge in [0.05, 0.1) is 6.61 Å². The molecule has 7 heteroatoms. The van der Waals surface area contributed by atoms with Crippen molar-refractivity contribution in [1.82, 2.24) is 10.2 Å². The molecule has 0 saturated heterocycles. The normalized spacial score (nSPS) is 10.1. The van der Waals surface area contributed by atoms with Gasteiger partial charge in [-0.1, -0.05) is 30.4 Å². The monoisotopic (exact) mass is 293 g/mol. The molecule has 1 N–H and O–H groups in total. The summed E-state index contributed by atoms with van der Waals surface area (Å²) >= 11 is 1.25. The molecule has 1 amide bonds. The Hall–Kier alpha value is -2.15. The maximum atomic E-state index is 11.7. The van der Waals surface area contributed by atoms with Gasteiger partial charge in [0, 0.05) is 0 Å². The van der Waals surface area contributed by atoms with Crippen LogP contribution < -0.4 is 14.8 Å². The molecule has 0 aliphatic carbocycles. The van der Waals surface area contributed by atoms with Gasteiger partial charge < -0.3 is 9.47 Å². The Labute approximate surface area is 120 Å². The number of amides is 1. The summed E-state index contributed by atoms with van der Waals surface area (Å²) in [7, 11) is 0. The Morgan fingerprint density at radius 3 is 2.70 bits per heavy atom. The fourth-order valence-corrected chi connectivity index (χ4v) is 1.89. The summed E-state index contributed by atoms with van der Waals surface area (Å²) in [5.41, 5.74) is 1.55. The number of aromatic nitrogens is 2. The van der Waals surface area contributed by atoms with Crippen LogP contribution in [-0.2, 0) is 4.79 Å². The third-order valence-electron chi connectivity index (χ3n) is 2.28. The second kappa shape index (κ2) is 7.44. The van der Waals surface area contributed by atoms with Crippen molar-refractivity contribution in [2.24, 2.45) is 0 Å². The van der Waals surface area contributed by atoms with Crippen LogP contribution in [0.5, 0.6) is 11.5 Å². The average molecular weight is 293 g/mol. The maximum absolute atomic E-state index is 11.7. The maximum Gasteiger partial charge on any atom is 0.264 e. The highest BCUT2D eigenvalue weighted by molar-refractivity contribution is 7.13. The highest BCUT2D eigenvalue weighted by Gasteiger charge is 2.08. The van der Waals surface area contributed by atoms with E-state index in [-0.39, 0.29) is 12.5 Å². The minimum Gasteiger partial charge on any atom is -0.490 e. The number of carbonyl (C=O) groups is 1. The van der Waals surface area contributed by atoms with Crippen LogP contribution in [0.2, 0.25) is 0 Å². The minimum absolute atomic E-state index is 0.105. The Morgan fingerprint density at radius 1 is 1.30 bits per heavy atom. The molecule has 2 aromatic rings. The molecular weight excluding hydrogens is 278 g/mol. The molecule has 1 aromatic heterocycles. The first kappa shape index (κ1) is 14.3. The molecule has 106 valence electrons. The van der Waals surface area contributed by atoms with E-state index in [1.54, 1.807) is 11.6 Å². The van der Waals surface area contributed by atoms with E-state index in [9.17, 15) is 4.79 Å². The number of para-hydroxylation sites is 2. The molecule has 6 nitrogen and oxygen atoms in total. The molecule has 20 heavy (non-hydrogen) atoms. The topological polar surface area (TPSA) is 73.3 Å². The Balaban J connectivity index is 1.88. The highest BCUT2D eigenvalue weighted by atomic mass is 32.1. The van der Waals surface area contributed by atoms with E-state index >= 15 is 0 Å². The number of anilines is 1. The third-order valence-corrected chi connectivity index (χ3v) is 2.88. The zero-order chi connectivity index (χ0) is 14.2. The van der Waals surface area contributed by atoms with Crippen molar-refractivity contribution < 1.29 is 14.3 Å². The van der Waals surface area contributed by atoms with Crippen LogP contribution in [0.3, 0.4) is 0 Å². The molecule has 0 atom stereocenters. The van der Waals surface area contributed by atoms with Crippen molar-refractivity contribution in [2.75, 3.05) is 18.5 Å². The van der Waals surface area contributed by atoms with Gasteiger partial charge in [-0.05, 0) is 18.6 Å². The van der Waals surface area contributed by atoms with Crippen LogP contribution in [0.15, 0.2) is 29.8 Å². The van der Waals surface area contributed by atoms with Crippen molar-refractivity contribution in [3.05, 3.63) is 29.8 Å². The van der Waals surface area contributed by atoms with E-state index in [1.807, 2.05) is 25.1 Å². The Kier molecular flexibility index (Phi) is 5.31. The van der Waals surface area contributed by atoms with E-state index in [2.05, 4.69) is 15.5 Å². The van der Waals surface area contributed by atoms with Gasteiger partial charge in [-0.15, -0.1) is 10.2 Å². The van der Waals surface area contributed by atoms with Crippen LogP contribution in [-0.4, -0.2) is 29.3 Å². The molecule has 0 saturated carbocycles. The van der Waals surface area contributed by atoms with Gasteiger partial charge in [0.15, 0.2) is 18.1 Å². The number of nitrogens with zero attached hydrogens (tertiary/aromatic N) is 2. The zero-order valence-corrected chi connectivity index (χ0v) is 11.9. The molecule has 0 spiro atoms. The molecule has 0 bridgehead atoms. The van der Waals surface area contributed by atoms with Crippen molar-refractivity contribution in [3.8, 4) is 11.5 Å². The van der Waals surface area contributed by atoms with Gasteiger partial charge in [-0.25, -0.2) is 0 Å². The Morgan fingerprint density at radius 2 is 2.05 bits per heavy atom. The quantitative estimate of drug-likeness (QED) is 0.848. The molecule has 1 heterocycles. The molecule has 1 aromatic carbocycles. The number of carbonyl (C=O) groups excluding carboxylic acids is 1. The molecule has 0 aliphatic rings. The van der Waals surface area contributed by atoms with Gasteiger partial charge in [-0.2, -0.15) is 0 Å². The number of benzene rings is 1. The van der Waals surface area contributed by atoms with E-state index in [0.717, 1.165) is 6.42 Å². The van der Waals surface area contributed by atoms with Crippen LogP contribution in [0.1, 0.15) is 13.3 Å². The van der Waals surface area contributed by atoms with E-state index < -0.39 is 0 Å². The van der Waals surface area contributed by atoms with Crippen molar-refractivity contribution in [1.29, 1.82) is 0 Å². The molecule has 0 aliphatic heterocycles. The second-order valence-corrected chi connectivity index (χ2v) is 4.71. The summed E-state index contributed by atoms with van der Waals surface area (Å²) in [4.78, 5) is 11.7. The summed E-state index contributed by atoms with van der Waals surface area (Å²) in [6.07, 6.45) is 0.909. The number of hydrogen-bond donors (Lipinski definition) is 1. The predicted octanol–water partition coefficient (Wildman–Crippen LogP) is 2.34. The summed E-state index contributed by atoms with van der Waals surface area (Å²) in [5, 5.41) is 10.4. The number of rotatable bonds is 7. The molecule has 2 rings (SSSR count). The third kappa shape index (κ3) is 4.20. The smallest absolute Gasteiger partial charge is 0.264 e. The van der Waals surface area contributed by atoms with Crippen LogP contribution in [0.25, 0.3) is 0 Å². The van der Waals surface area contributed by atoms with Gasteiger partial charge in [-0.3, -0.25) is 10.1 Å². The van der Waals surface area contributed by atoms with Crippen LogP contribution in [0.4, 0.5) is 5.13 Å². The van der Waals surface area contributed by atoms with Crippen LogP contribution >= 0.6 is 11.3 Å². The molecular formula is C13H15N3O3S. The molecule has 0 fully saturated rings. The molecule has 0 radical (unpaired) electrons. The van der Waals surface area contributed by atoms with E-state index in [0.29, 0.717) is 23.2 Å². The SMILES string of the molecule is CCCOc1ccccc1OCC(=O)Nc1nncs1. The first-order valence-corrected chi connectivity index (χ1v) is 7.08. The fourth-order valence-electron chi connectivity index (χ4n) is 1.43. The number of nitrogens with one attached hydrogen (secondary N) is 1. The lowest BCUT2D eigenvalue weighted by Gasteiger charge is -2.11. The van der Waals surface area contributed by atoms with Crippen molar-refractivity contribution >= 4 is 22.4 Å². The lowest BCUT2D eigenvalue weighted by molar-refractivity contribution is -0.118. The summed E-state index contributed by atoms with van der Waals surface area (Å²) in [6.45, 7) is 2.53. The number of ether oxygens (including phenoxy) is 2. The van der Waals surface area contributed by atoms with E-state index in [1.165, 1.54) is 11.3 Å². The summed E-state index contributed by atoms with van der Waals surface area (Å²) < 4.78 is 11.0. The first-order valence-electron chi connectivity index (χ1n) is 6.20. The summed E-state index contributed by atoms with van der Waals surface area (Å²) in [5.74, 6) is 0.901. The summed E-state index contributed by atoms with van der Waals surface area (Å²) in [6, 6.07) is 7.27. The average Bonchev–Trinajstić information content (AvgIpc) is 2.96. The fraction of sp³-hybridized carbons (Fsp3) is 0.308. The number of hydrogen-bond acceptors (Lipinski definition) is 6. The minimum atomic E-state index is -0.285. The van der Waals surface area contributed by atoms with Crippen molar-refractivity contribution in [3.63, 3.8) is 0 Å². The largest absolute Gasteiger partial charge is 0.490 e. The lowest BCUT2D eigenvalue weighted by atomic mass is 10.3. The standard InChI is InChI=1S/C13H15N3O3S/c1-2-7-18-10-5-3-4-6-11(10)19-8-12(17)15-13-16-14-9-20-13/h3-6,9H,2,7-8H2,1H3,(H,15,16,17). The van der Waals surface area contributed by atoms with Crippen LogP contribution in [0, 0.1) is 0 Å². The second-order valence-electron chi connectivity index (χ2n) is 3.88. The van der Waals surface area contributed by atoms with Crippen molar-refractivity contribution in [2.45, 2.75) is 13.3 Å². The van der Waals surface area contributed by atoms with E-state index in [4.69, 9.17) is 9.47 Å². The first-order chi connectivity index (χ1) is 9.79. The lowest BCUT2D eigenvalue weighted by Crippen LogP contribution is -2.20. The molecule has 0 unspecified atom stereocenters. The van der Waals surface area contributed by atoms with Gasteiger partial charge >= 0.3 is 0 Å². The van der Waals surface area contributed by atoms with Gasteiger partial charge in [0.2, 0.25) is 5.13 Å². The zero-order valence-electron chi connectivity index (χ0n) is 11.0. The van der Waals surface area contributed by atoms with Gasteiger partial charge in [0.25, 0.3) is 5.91 Å². The predicted molar refractivity (Wildman–Crippen MR) is 76.3 cm³/mol. The van der Waals surface area contributed by atoms with Gasteiger partial charge in [0.1, 0.15) is 5.51 Å². The Bertz CT molecular complexity index is 546. The highest BCUT2D eigenvalue weighted by Crippen LogP contribution is 2.26.